The number of rotatable bonds is 6. The molecule has 0 aromatic carbocycles. The predicted molar refractivity (Wildman–Crippen MR) is 76.4 cm³/mol. The topological polar surface area (TPSA) is 15.3 Å². The first-order valence-corrected chi connectivity index (χ1v) is 7.44. The highest BCUT2D eigenvalue weighted by Gasteiger charge is 2.35. The van der Waals surface area contributed by atoms with Gasteiger partial charge in [-0.2, -0.15) is 0 Å². The Kier molecular flexibility index (Phi) is 5.94. The summed E-state index contributed by atoms with van der Waals surface area (Å²) in [6, 6.07) is 0.607. The highest BCUT2D eigenvalue weighted by Crippen LogP contribution is 2.27. The van der Waals surface area contributed by atoms with Gasteiger partial charge in [0, 0.05) is 11.6 Å². The van der Waals surface area contributed by atoms with E-state index in [0.717, 1.165) is 5.92 Å². The molecule has 102 valence electrons. The van der Waals surface area contributed by atoms with E-state index in [9.17, 15) is 0 Å². The Morgan fingerprint density at radius 2 is 1.76 bits per heavy atom. The molecule has 1 heterocycles. The monoisotopic (exact) mass is 240 g/mol. The van der Waals surface area contributed by atoms with E-state index in [1.54, 1.807) is 0 Å². The second-order valence-electron chi connectivity index (χ2n) is 6.29. The molecular weight excluding hydrogens is 208 g/mol. The van der Waals surface area contributed by atoms with Crippen molar-refractivity contribution in [3.63, 3.8) is 0 Å². The van der Waals surface area contributed by atoms with Crippen LogP contribution in [0.25, 0.3) is 0 Å². The summed E-state index contributed by atoms with van der Waals surface area (Å²) in [6.45, 7) is 12.1. The Hall–Kier alpha value is -0.0800. The number of nitrogens with one attached hydrogen (secondary N) is 1. The van der Waals surface area contributed by atoms with Crippen LogP contribution in [-0.4, -0.2) is 36.6 Å². The van der Waals surface area contributed by atoms with E-state index in [1.165, 1.54) is 45.2 Å². The zero-order chi connectivity index (χ0) is 12.9. The SMILES string of the molecule is CCC(C)CC(NC)C(C)(C)N1CCCCC1. The summed E-state index contributed by atoms with van der Waals surface area (Å²) in [4.78, 5) is 2.69. The summed E-state index contributed by atoms with van der Waals surface area (Å²) in [5, 5.41) is 3.56. The maximum absolute atomic E-state index is 3.56. The third kappa shape index (κ3) is 3.96. The number of piperidine rings is 1. The van der Waals surface area contributed by atoms with Gasteiger partial charge in [0.2, 0.25) is 0 Å². The number of hydrogen-bond donors (Lipinski definition) is 1. The minimum absolute atomic E-state index is 0.290. The van der Waals surface area contributed by atoms with Crippen molar-refractivity contribution in [3.05, 3.63) is 0 Å². The molecule has 1 rings (SSSR count). The molecule has 17 heavy (non-hydrogen) atoms. The van der Waals surface area contributed by atoms with E-state index in [4.69, 9.17) is 0 Å². The minimum atomic E-state index is 0.290. The molecule has 0 bridgehead atoms. The molecule has 1 fully saturated rings. The van der Waals surface area contributed by atoms with Gasteiger partial charge >= 0.3 is 0 Å². The maximum Gasteiger partial charge on any atom is 0.0306 e. The average Bonchev–Trinajstić information content (AvgIpc) is 2.36. The Morgan fingerprint density at radius 3 is 2.24 bits per heavy atom. The first-order valence-electron chi connectivity index (χ1n) is 7.44. The van der Waals surface area contributed by atoms with E-state index in [-0.39, 0.29) is 0 Å². The first kappa shape index (κ1) is 15.0. The lowest BCUT2D eigenvalue weighted by Crippen LogP contribution is -2.58. The number of nitrogens with zero attached hydrogens (tertiary/aromatic N) is 1. The van der Waals surface area contributed by atoms with Crippen LogP contribution >= 0.6 is 0 Å². The maximum atomic E-state index is 3.56. The fourth-order valence-electron chi connectivity index (χ4n) is 3.02. The number of likely N-dealkylation sites (tertiary alicyclic amines) is 1. The molecule has 1 N–H and O–H groups in total. The lowest BCUT2D eigenvalue weighted by Gasteiger charge is -2.46. The third-order valence-corrected chi connectivity index (χ3v) is 4.71. The molecule has 2 heteroatoms. The fraction of sp³-hybridized carbons (Fsp3) is 1.00. The van der Waals surface area contributed by atoms with Crippen LogP contribution in [-0.2, 0) is 0 Å². The van der Waals surface area contributed by atoms with Crippen LogP contribution < -0.4 is 5.32 Å². The van der Waals surface area contributed by atoms with Crippen LogP contribution in [0.3, 0.4) is 0 Å². The second kappa shape index (κ2) is 6.75. The van der Waals surface area contributed by atoms with Crippen molar-refractivity contribution in [1.29, 1.82) is 0 Å². The van der Waals surface area contributed by atoms with E-state index in [2.05, 4.69) is 45.0 Å². The summed E-state index contributed by atoms with van der Waals surface area (Å²) in [7, 11) is 2.12. The summed E-state index contributed by atoms with van der Waals surface area (Å²) >= 11 is 0. The molecule has 0 aromatic rings. The van der Waals surface area contributed by atoms with Gasteiger partial charge in [-0.25, -0.2) is 0 Å². The minimum Gasteiger partial charge on any atom is -0.315 e. The Balaban J connectivity index is 2.62. The Labute approximate surface area is 108 Å². The quantitative estimate of drug-likeness (QED) is 0.766. The molecule has 2 nitrogen and oxygen atoms in total. The van der Waals surface area contributed by atoms with Gasteiger partial charge in [0.1, 0.15) is 0 Å². The van der Waals surface area contributed by atoms with Crippen LogP contribution in [0, 0.1) is 5.92 Å². The summed E-state index contributed by atoms with van der Waals surface area (Å²) < 4.78 is 0. The van der Waals surface area contributed by atoms with Crippen molar-refractivity contribution < 1.29 is 0 Å². The lowest BCUT2D eigenvalue weighted by atomic mass is 9.84. The molecule has 0 aliphatic carbocycles. The smallest absolute Gasteiger partial charge is 0.0306 e. The van der Waals surface area contributed by atoms with Gasteiger partial charge in [-0.05, 0) is 59.2 Å². The van der Waals surface area contributed by atoms with E-state index < -0.39 is 0 Å². The molecule has 0 amide bonds. The van der Waals surface area contributed by atoms with Crippen molar-refractivity contribution in [2.75, 3.05) is 20.1 Å². The summed E-state index contributed by atoms with van der Waals surface area (Å²) in [5.41, 5.74) is 0.290. The van der Waals surface area contributed by atoms with E-state index >= 15 is 0 Å². The van der Waals surface area contributed by atoms with Crippen molar-refractivity contribution in [2.24, 2.45) is 5.92 Å². The van der Waals surface area contributed by atoms with Crippen LogP contribution in [0.15, 0.2) is 0 Å². The van der Waals surface area contributed by atoms with Gasteiger partial charge in [-0.15, -0.1) is 0 Å². The fourth-order valence-corrected chi connectivity index (χ4v) is 3.02. The molecule has 1 aliphatic heterocycles. The Morgan fingerprint density at radius 1 is 1.18 bits per heavy atom. The normalized spacial score (nSPS) is 22.4. The lowest BCUT2D eigenvalue weighted by molar-refractivity contribution is 0.0557. The van der Waals surface area contributed by atoms with Gasteiger partial charge in [0.05, 0.1) is 0 Å². The van der Waals surface area contributed by atoms with Crippen LogP contribution in [0.1, 0.15) is 59.8 Å². The standard InChI is InChI=1S/C15H32N2/c1-6-13(2)12-14(16-5)15(3,4)17-10-8-7-9-11-17/h13-14,16H,6-12H2,1-5H3. The van der Waals surface area contributed by atoms with Crippen molar-refractivity contribution in [2.45, 2.75) is 71.4 Å². The summed E-state index contributed by atoms with van der Waals surface area (Å²) in [6.07, 6.45) is 6.75. The van der Waals surface area contributed by atoms with Crippen LogP contribution in [0.4, 0.5) is 0 Å². The number of likely N-dealkylation sites (N-methyl/N-ethyl adjacent to an activating group) is 1. The highest BCUT2D eigenvalue weighted by atomic mass is 15.2. The van der Waals surface area contributed by atoms with Crippen molar-refractivity contribution in [1.82, 2.24) is 10.2 Å². The van der Waals surface area contributed by atoms with Crippen LogP contribution in [0.5, 0.6) is 0 Å². The molecule has 1 saturated heterocycles. The highest BCUT2D eigenvalue weighted by molar-refractivity contribution is 4.94. The molecule has 0 aromatic heterocycles. The molecule has 1 aliphatic rings. The van der Waals surface area contributed by atoms with Gasteiger partial charge in [0.15, 0.2) is 0 Å². The molecule has 0 radical (unpaired) electrons. The number of hydrogen-bond acceptors (Lipinski definition) is 2. The molecular formula is C15H32N2. The van der Waals surface area contributed by atoms with Crippen molar-refractivity contribution in [3.8, 4) is 0 Å². The van der Waals surface area contributed by atoms with Gasteiger partial charge < -0.3 is 5.32 Å². The Bertz CT molecular complexity index is 207. The van der Waals surface area contributed by atoms with E-state index in [1.807, 2.05) is 0 Å². The summed E-state index contributed by atoms with van der Waals surface area (Å²) in [5.74, 6) is 0.816. The largest absolute Gasteiger partial charge is 0.315 e. The van der Waals surface area contributed by atoms with Gasteiger partial charge in [-0.1, -0.05) is 26.7 Å². The van der Waals surface area contributed by atoms with Crippen molar-refractivity contribution >= 4 is 0 Å². The average molecular weight is 240 g/mol. The predicted octanol–water partition coefficient (Wildman–Crippen LogP) is 3.28. The third-order valence-electron chi connectivity index (χ3n) is 4.71. The zero-order valence-electron chi connectivity index (χ0n) is 12.6. The first-order chi connectivity index (χ1) is 8.02. The van der Waals surface area contributed by atoms with E-state index in [0.29, 0.717) is 11.6 Å². The van der Waals surface area contributed by atoms with Gasteiger partial charge in [-0.3, -0.25) is 4.90 Å². The molecule has 2 atom stereocenters. The van der Waals surface area contributed by atoms with Gasteiger partial charge in [0.25, 0.3) is 0 Å². The molecule has 2 unspecified atom stereocenters. The second-order valence-corrected chi connectivity index (χ2v) is 6.29. The zero-order valence-corrected chi connectivity index (χ0v) is 12.6. The van der Waals surface area contributed by atoms with Crippen LogP contribution in [0.2, 0.25) is 0 Å². The molecule has 0 saturated carbocycles. The molecule has 0 spiro atoms.